The van der Waals surface area contributed by atoms with E-state index in [4.69, 9.17) is 11.6 Å². The second-order valence-electron chi connectivity index (χ2n) is 8.71. The molecule has 1 aromatic rings. The largest absolute Gasteiger partial charge is 0.351 e. The number of anilines is 1. The van der Waals surface area contributed by atoms with E-state index in [1.165, 1.54) is 4.90 Å². The van der Waals surface area contributed by atoms with Crippen molar-refractivity contribution in [3.63, 3.8) is 0 Å². The number of carbonyl (C=O) groups excluding carboxylic acids is 2. The molecule has 2 saturated heterocycles. The SMILES string of the molecule is O=C1CC2(CCCC2)CC(=O)N1CCCCN1CCN(c2nccnc2Cl)CC1. The van der Waals surface area contributed by atoms with Gasteiger partial charge in [-0.1, -0.05) is 24.4 Å². The summed E-state index contributed by atoms with van der Waals surface area (Å²) in [6, 6.07) is 0. The Hall–Kier alpha value is -1.73. The average molecular weight is 420 g/mol. The van der Waals surface area contributed by atoms with Gasteiger partial charge in [-0.25, -0.2) is 9.97 Å². The van der Waals surface area contributed by atoms with Crippen molar-refractivity contribution in [2.24, 2.45) is 5.41 Å². The van der Waals surface area contributed by atoms with Crippen LogP contribution >= 0.6 is 11.6 Å². The van der Waals surface area contributed by atoms with Crippen LogP contribution in [0.15, 0.2) is 12.4 Å². The fourth-order valence-corrected chi connectivity index (χ4v) is 5.30. The molecule has 0 aromatic carbocycles. The molecule has 0 unspecified atom stereocenters. The van der Waals surface area contributed by atoms with Crippen molar-refractivity contribution in [3.8, 4) is 0 Å². The topological polar surface area (TPSA) is 69.6 Å². The zero-order valence-corrected chi connectivity index (χ0v) is 17.7. The Labute approximate surface area is 177 Å². The summed E-state index contributed by atoms with van der Waals surface area (Å²) in [5.41, 5.74) is -0.00360. The second-order valence-corrected chi connectivity index (χ2v) is 9.06. The maximum absolute atomic E-state index is 12.5. The van der Waals surface area contributed by atoms with Crippen LogP contribution in [-0.2, 0) is 9.59 Å². The number of piperazine rings is 1. The third-order valence-electron chi connectivity index (χ3n) is 6.73. The second kappa shape index (κ2) is 8.96. The molecular formula is C21H30ClN5O2. The maximum atomic E-state index is 12.5. The fraction of sp³-hybridized carbons (Fsp3) is 0.714. The standard InChI is InChI=1S/C21H30ClN5O2/c22-19-20(24-8-7-23-19)26-13-11-25(12-14-26)9-3-4-10-27-17(28)15-21(16-18(27)29)5-1-2-6-21/h7-8H,1-6,9-16H2. The smallest absolute Gasteiger partial charge is 0.229 e. The molecule has 158 valence electrons. The fourth-order valence-electron chi connectivity index (χ4n) is 5.08. The molecule has 8 heteroatoms. The summed E-state index contributed by atoms with van der Waals surface area (Å²) in [5, 5.41) is 0.455. The van der Waals surface area contributed by atoms with Crippen molar-refractivity contribution < 1.29 is 9.59 Å². The van der Waals surface area contributed by atoms with Crippen LogP contribution in [0.1, 0.15) is 51.4 Å². The Morgan fingerprint density at radius 3 is 2.17 bits per heavy atom. The van der Waals surface area contributed by atoms with Gasteiger partial charge in [0.2, 0.25) is 11.8 Å². The van der Waals surface area contributed by atoms with Gasteiger partial charge in [0, 0.05) is 58.0 Å². The number of halogens is 1. The van der Waals surface area contributed by atoms with E-state index in [1.54, 1.807) is 12.4 Å². The molecule has 1 aliphatic carbocycles. The highest BCUT2D eigenvalue weighted by atomic mass is 35.5. The van der Waals surface area contributed by atoms with E-state index in [-0.39, 0.29) is 17.2 Å². The molecule has 1 aromatic heterocycles. The van der Waals surface area contributed by atoms with Gasteiger partial charge in [0.05, 0.1) is 0 Å². The lowest BCUT2D eigenvalue weighted by Crippen LogP contribution is -2.48. The molecule has 1 spiro atoms. The molecular weight excluding hydrogens is 390 g/mol. The van der Waals surface area contributed by atoms with Crippen LogP contribution in [0.25, 0.3) is 0 Å². The third kappa shape index (κ3) is 4.72. The Bertz CT molecular complexity index is 724. The molecule has 4 rings (SSSR count). The van der Waals surface area contributed by atoms with Gasteiger partial charge >= 0.3 is 0 Å². The highest BCUT2D eigenvalue weighted by Crippen LogP contribution is 2.46. The van der Waals surface area contributed by atoms with Crippen LogP contribution in [-0.4, -0.2) is 70.9 Å². The lowest BCUT2D eigenvalue weighted by molar-refractivity contribution is -0.153. The molecule has 2 amide bonds. The van der Waals surface area contributed by atoms with Crippen molar-refractivity contribution in [2.75, 3.05) is 44.2 Å². The van der Waals surface area contributed by atoms with E-state index in [0.29, 0.717) is 24.5 Å². The van der Waals surface area contributed by atoms with Gasteiger partial charge in [0.25, 0.3) is 0 Å². The van der Waals surface area contributed by atoms with E-state index in [0.717, 1.165) is 77.1 Å². The molecule has 29 heavy (non-hydrogen) atoms. The summed E-state index contributed by atoms with van der Waals surface area (Å²) in [4.78, 5) is 39.6. The summed E-state index contributed by atoms with van der Waals surface area (Å²) in [6.45, 7) is 5.23. The van der Waals surface area contributed by atoms with Crippen LogP contribution in [0.3, 0.4) is 0 Å². The Morgan fingerprint density at radius 2 is 1.52 bits per heavy atom. The van der Waals surface area contributed by atoms with Gasteiger partial charge in [-0.05, 0) is 37.6 Å². The Balaban J connectivity index is 1.17. The number of hydrogen-bond acceptors (Lipinski definition) is 6. The molecule has 1 saturated carbocycles. The molecule has 3 heterocycles. The monoisotopic (exact) mass is 419 g/mol. The van der Waals surface area contributed by atoms with E-state index < -0.39 is 0 Å². The molecule has 0 N–H and O–H groups in total. The zero-order valence-electron chi connectivity index (χ0n) is 17.0. The number of hydrogen-bond donors (Lipinski definition) is 0. The van der Waals surface area contributed by atoms with E-state index in [2.05, 4.69) is 19.8 Å². The number of piperidine rings is 1. The summed E-state index contributed by atoms with van der Waals surface area (Å²) in [6.07, 6.45) is 10.7. The molecule has 0 bridgehead atoms. The first-order chi connectivity index (χ1) is 14.1. The minimum absolute atomic E-state index is 0.00360. The van der Waals surface area contributed by atoms with Gasteiger partial charge in [0.1, 0.15) is 0 Å². The zero-order chi connectivity index (χ0) is 20.3. The van der Waals surface area contributed by atoms with Crippen molar-refractivity contribution in [3.05, 3.63) is 17.5 Å². The average Bonchev–Trinajstić information content (AvgIpc) is 3.15. The normalized spacial score (nSPS) is 22.7. The maximum Gasteiger partial charge on any atom is 0.229 e. The highest BCUT2D eigenvalue weighted by Gasteiger charge is 2.44. The number of nitrogens with zero attached hydrogens (tertiary/aromatic N) is 5. The minimum atomic E-state index is -0.00360. The van der Waals surface area contributed by atoms with Crippen LogP contribution in [0, 0.1) is 5.41 Å². The third-order valence-corrected chi connectivity index (χ3v) is 7.00. The lowest BCUT2D eigenvalue weighted by atomic mass is 9.76. The number of amides is 2. The van der Waals surface area contributed by atoms with E-state index in [9.17, 15) is 9.59 Å². The number of likely N-dealkylation sites (tertiary alicyclic amines) is 1. The predicted octanol–water partition coefficient (Wildman–Crippen LogP) is 2.74. The van der Waals surface area contributed by atoms with E-state index in [1.807, 2.05) is 0 Å². The molecule has 0 atom stereocenters. The van der Waals surface area contributed by atoms with Gasteiger partial charge < -0.3 is 4.90 Å². The summed E-state index contributed by atoms with van der Waals surface area (Å²) < 4.78 is 0. The van der Waals surface area contributed by atoms with Gasteiger partial charge in [-0.2, -0.15) is 0 Å². The number of carbonyl (C=O) groups is 2. The van der Waals surface area contributed by atoms with Crippen molar-refractivity contribution in [2.45, 2.75) is 51.4 Å². The van der Waals surface area contributed by atoms with Gasteiger partial charge in [-0.3, -0.25) is 19.4 Å². The lowest BCUT2D eigenvalue weighted by Gasteiger charge is -2.37. The number of unbranched alkanes of at least 4 members (excludes halogenated alkanes) is 1. The molecule has 2 aliphatic heterocycles. The van der Waals surface area contributed by atoms with Crippen LogP contribution in [0.2, 0.25) is 5.15 Å². The van der Waals surface area contributed by atoms with Crippen LogP contribution < -0.4 is 4.90 Å². The minimum Gasteiger partial charge on any atom is -0.351 e. The molecule has 7 nitrogen and oxygen atoms in total. The Kier molecular flexibility index (Phi) is 6.35. The van der Waals surface area contributed by atoms with Gasteiger partial charge in [0.15, 0.2) is 11.0 Å². The number of imide groups is 1. The number of rotatable bonds is 6. The first-order valence-electron chi connectivity index (χ1n) is 10.8. The van der Waals surface area contributed by atoms with Crippen LogP contribution in [0.5, 0.6) is 0 Å². The van der Waals surface area contributed by atoms with Crippen molar-refractivity contribution >= 4 is 29.2 Å². The Morgan fingerprint density at radius 1 is 0.897 bits per heavy atom. The van der Waals surface area contributed by atoms with Crippen molar-refractivity contribution in [1.29, 1.82) is 0 Å². The molecule has 3 aliphatic rings. The van der Waals surface area contributed by atoms with Crippen molar-refractivity contribution in [1.82, 2.24) is 19.8 Å². The summed E-state index contributed by atoms with van der Waals surface area (Å²) >= 11 is 6.14. The van der Waals surface area contributed by atoms with Gasteiger partial charge in [-0.15, -0.1) is 0 Å². The summed E-state index contributed by atoms with van der Waals surface area (Å²) in [7, 11) is 0. The quantitative estimate of drug-likeness (QED) is 0.521. The predicted molar refractivity (Wildman–Crippen MR) is 112 cm³/mol. The van der Waals surface area contributed by atoms with Crippen LogP contribution in [0.4, 0.5) is 5.82 Å². The highest BCUT2D eigenvalue weighted by molar-refractivity contribution is 6.31. The summed E-state index contributed by atoms with van der Waals surface area (Å²) in [5.74, 6) is 0.867. The first kappa shape index (κ1) is 20.5. The number of aromatic nitrogens is 2. The molecule has 0 radical (unpaired) electrons. The molecule has 3 fully saturated rings. The van der Waals surface area contributed by atoms with E-state index >= 15 is 0 Å². The first-order valence-corrected chi connectivity index (χ1v) is 11.2.